The van der Waals surface area contributed by atoms with E-state index in [0.717, 1.165) is 19.3 Å². The van der Waals surface area contributed by atoms with E-state index in [-0.39, 0.29) is 23.7 Å². The fourth-order valence-corrected chi connectivity index (χ4v) is 3.30. The molecule has 4 nitrogen and oxygen atoms in total. The summed E-state index contributed by atoms with van der Waals surface area (Å²) in [6.07, 6.45) is 4.36. The van der Waals surface area contributed by atoms with E-state index in [1.165, 1.54) is 0 Å². The number of hydrogen-bond acceptors (Lipinski definition) is 3. The largest absolute Gasteiger partial charge is 0.550 e. The van der Waals surface area contributed by atoms with Crippen LogP contribution in [0.15, 0.2) is 12.7 Å². The third-order valence-electron chi connectivity index (χ3n) is 3.91. The van der Waals surface area contributed by atoms with Crippen LogP contribution >= 0.6 is 0 Å². The number of rotatable bonds is 4. The minimum atomic E-state index is -1.06. The van der Waals surface area contributed by atoms with Crippen molar-refractivity contribution in [1.29, 1.82) is 0 Å². The van der Waals surface area contributed by atoms with E-state index >= 15 is 0 Å². The van der Waals surface area contributed by atoms with Gasteiger partial charge in [-0.1, -0.05) is 6.08 Å². The summed E-state index contributed by atoms with van der Waals surface area (Å²) in [5.41, 5.74) is 0. The number of carbonyl (C=O) groups is 2. The summed E-state index contributed by atoms with van der Waals surface area (Å²) in [6, 6.07) is 0. The Labute approximate surface area is 94.7 Å². The maximum atomic E-state index is 11.9. The van der Waals surface area contributed by atoms with Crippen molar-refractivity contribution < 1.29 is 14.7 Å². The van der Waals surface area contributed by atoms with Crippen LogP contribution in [0.4, 0.5) is 0 Å². The second-order valence-corrected chi connectivity index (χ2v) is 4.74. The van der Waals surface area contributed by atoms with Gasteiger partial charge < -0.3 is 15.2 Å². The lowest BCUT2D eigenvalue weighted by Crippen LogP contribution is -2.45. The van der Waals surface area contributed by atoms with Gasteiger partial charge >= 0.3 is 0 Å². The maximum absolute atomic E-state index is 11.9. The number of carbonyl (C=O) groups excluding carboxylic acids is 2. The summed E-state index contributed by atoms with van der Waals surface area (Å²) in [7, 11) is 0. The van der Waals surface area contributed by atoms with E-state index in [1.54, 1.807) is 6.08 Å². The highest BCUT2D eigenvalue weighted by Gasteiger charge is 2.51. The Kier molecular flexibility index (Phi) is 2.99. The maximum Gasteiger partial charge on any atom is 0.224 e. The quantitative estimate of drug-likeness (QED) is 0.664. The zero-order valence-corrected chi connectivity index (χ0v) is 9.15. The van der Waals surface area contributed by atoms with Gasteiger partial charge in [0.25, 0.3) is 0 Å². The van der Waals surface area contributed by atoms with Crippen molar-refractivity contribution in [2.75, 3.05) is 6.54 Å². The molecule has 2 rings (SSSR count). The Balaban J connectivity index is 2.09. The monoisotopic (exact) mass is 222 g/mol. The van der Waals surface area contributed by atoms with Crippen molar-refractivity contribution in [2.24, 2.45) is 23.7 Å². The first kappa shape index (κ1) is 11.2. The lowest BCUT2D eigenvalue weighted by atomic mass is 9.79. The number of aliphatic carboxylic acids is 1. The molecule has 2 bridgehead atoms. The van der Waals surface area contributed by atoms with Gasteiger partial charge in [-0.15, -0.1) is 6.58 Å². The Hall–Kier alpha value is -1.32. The number of carboxylic acids is 1. The van der Waals surface area contributed by atoms with E-state index in [4.69, 9.17) is 0 Å². The van der Waals surface area contributed by atoms with Gasteiger partial charge in [-0.25, -0.2) is 0 Å². The third kappa shape index (κ3) is 1.72. The molecule has 2 aliphatic carbocycles. The number of amides is 1. The molecule has 4 heteroatoms. The molecular formula is C12H16NO3-. The molecule has 4 atom stereocenters. The minimum Gasteiger partial charge on any atom is -0.550 e. The van der Waals surface area contributed by atoms with Crippen LogP contribution in [0.5, 0.6) is 0 Å². The molecule has 0 saturated heterocycles. The summed E-state index contributed by atoms with van der Waals surface area (Å²) < 4.78 is 0. The lowest BCUT2D eigenvalue weighted by Gasteiger charge is -2.30. The molecule has 0 aromatic rings. The number of carboxylic acid groups (broad SMARTS) is 1. The van der Waals surface area contributed by atoms with Crippen molar-refractivity contribution in [3.63, 3.8) is 0 Å². The van der Waals surface area contributed by atoms with Crippen LogP contribution in [0.3, 0.4) is 0 Å². The second-order valence-electron chi connectivity index (χ2n) is 4.74. The molecule has 2 fully saturated rings. The van der Waals surface area contributed by atoms with Crippen LogP contribution in [0.2, 0.25) is 0 Å². The SMILES string of the molecule is C=CCNC(=O)[C@@H]1[C@@H]2CC[C@@H](C2)[C@@H]1C(=O)[O-]. The summed E-state index contributed by atoms with van der Waals surface area (Å²) >= 11 is 0. The van der Waals surface area contributed by atoms with Gasteiger partial charge in [-0.05, 0) is 31.1 Å². The summed E-state index contributed by atoms with van der Waals surface area (Å²) in [4.78, 5) is 22.9. The molecule has 88 valence electrons. The minimum absolute atomic E-state index is 0.148. The topological polar surface area (TPSA) is 69.2 Å². The van der Waals surface area contributed by atoms with Crippen molar-refractivity contribution >= 4 is 11.9 Å². The summed E-state index contributed by atoms with van der Waals surface area (Å²) in [5, 5.41) is 13.8. The molecule has 0 aromatic heterocycles. The van der Waals surface area contributed by atoms with E-state index in [0.29, 0.717) is 6.54 Å². The van der Waals surface area contributed by atoms with Crippen LogP contribution < -0.4 is 10.4 Å². The van der Waals surface area contributed by atoms with E-state index in [2.05, 4.69) is 11.9 Å². The molecule has 1 amide bonds. The predicted octanol–water partition coefficient (Wildman–Crippen LogP) is -0.299. The van der Waals surface area contributed by atoms with Gasteiger partial charge in [-0.3, -0.25) is 4.79 Å². The van der Waals surface area contributed by atoms with Crippen LogP contribution in [-0.2, 0) is 9.59 Å². The van der Waals surface area contributed by atoms with Gasteiger partial charge in [0.2, 0.25) is 5.91 Å². The Morgan fingerprint density at radius 2 is 1.94 bits per heavy atom. The predicted molar refractivity (Wildman–Crippen MR) is 56.0 cm³/mol. The van der Waals surface area contributed by atoms with Crippen LogP contribution in [-0.4, -0.2) is 18.4 Å². The number of fused-ring (bicyclic) bond motifs is 2. The fourth-order valence-electron chi connectivity index (χ4n) is 3.30. The zero-order valence-electron chi connectivity index (χ0n) is 9.15. The van der Waals surface area contributed by atoms with Crippen molar-refractivity contribution in [2.45, 2.75) is 19.3 Å². The van der Waals surface area contributed by atoms with E-state index < -0.39 is 11.9 Å². The van der Waals surface area contributed by atoms with Gasteiger partial charge in [-0.2, -0.15) is 0 Å². The molecule has 2 aliphatic rings. The third-order valence-corrected chi connectivity index (χ3v) is 3.91. The van der Waals surface area contributed by atoms with Crippen LogP contribution in [0, 0.1) is 23.7 Å². The van der Waals surface area contributed by atoms with Gasteiger partial charge in [0, 0.05) is 24.3 Å². The average molecular weight is 222 g/mol. The Morgan fingerprint density at radius 1 is 1.31 bits per heavy atom. The summed E-state index contributed by atoms with van der Waals surface area (Å²) in [5.74, 6) is -1.80. The van der Waals surface area contributed by atoms with Gasteiger partial charge in [0.15, 0.2) is 0 Å². The average Bonchev–Trinajstić information content (AvgIpc) is 2.84. The van der Waals surface area contributed by atoms with Crippen molar-refractivity contribution in [3.05, 3.63) is 12.7 Å². The molecule has 1 N–H and O–H groups in total. The molecule has 16 heavy (non-hydrogen) atoms. The molecule has 0 radical (unpaired) electrons. The van der Waals surface area contributed by atoms with Crippen LogP contribution in [0.25, 0.3) is 0 Å². The van der Waals surface area contributed by atoms with Crippen LogP contribution in [0.1, 0.15) is 19.3 Å². The second kappa shape index (κ2) is 4.28. The van der Waals surface area contributed by atoms with Crippen molar-refractivity contribution in [1.82, 2.24) is 5.32 Å². The zero-order chi connectivity index (χ0) is 11.7. The molecule has 0 aromatic carbocycles. The molecule has 0 spiro atoms. The normalized spacial score (nSPS) is 36.0. The number of nitrogens with one attached hydrogen (secondary N) is 1. The fraction of sp³-hybridized carbons (Fsp3) is 0.667. The Bertz CT molecular complexity index is 326. The van der Waals surface area contributed by atoms with E-state index in [9.17, 15) is 14.7 Å². The lowest BCUT2D eigenvalue weighted by molar-refractivity contribution is -0.314. The molecule has 0 unspecified atom stereocenters. The Morgan fingerprint density at radius 3 is 2.50 bits per heavy atom. The molecule has 0 aliphatic heterocycles. The highest BCUT2D eigenvalue weighted by atomic mass is 16.4. The van der Waals surface area contributed by atoms with E-state index in [1.807, 2.05) is 0 Å². The molecular weight excluding hydrogens is 206 g/mol. The smallest absolute Gasteiger partial charge is 0.224 e. The first-order valence-corrected chi connectivity index (χ1v) is 5.74. The first-order chi connectivity index (χ1) is 7.65. The highest BCUT2D eigenvalue weighted by Crippen LogP contribution is 2.52. The highest BCUT2D eigenvalue weighted by molar-refractivity contribution is 5.85. The van der Waals surface area contributed by atoms with Gasteiger partial charge in [0.05, 0.1) is 0 Å². The summed E-state index contributed by atoms with van der Waals surface area (Å²) in [6.45, 7) is 3.91. The standard InChI is InChI=1S/C12H17NO3/c1-2-5-13-11(14)9-7-3-4-8(6-7)10(9)12(15)16/h2,7-10H,1,3-6H2,(H,13,14)(H,15,16)/p-1/t7-,8+,9-,10+/m1/s1. The van der Waals surface area contributed by atoms with Gasteiger partial charge in [0.1, 0.15) is 0 Å². The molecule has 2 saturated carbocycles. The van der Waals surface area contributed by atoms with Crippen molar-refractivity contribution in [3.8, 4) is 0 Å². The number of hydrogen-bond donors (Lipinski definition) is 1. The first-order valence-electron chi connectivity index (χ1n) is 5.74. The molecule has 0 heterocycles.